The van der Waals surface area contributed by atoms with Gasteiger partial charge in [-0.2, -0.15) is 0 Å². The monoisotopic (exact) mass is 249 g/mol. The Balaban J connectivity index is 2.70. The second-order valence-electron chi connectivity index (χ2n) is 3.78. The Morgan fingerprint density at radius 1 is 1.17 bits per heavy atom. The smallest absolute Gasteiger partial charge is 0.336 e. The molecule has 0 saturated heterocycles. The molecule has 0 spiro atoms. The predicted molar refractivity (Wildman–Crippen MR) is 61.3 cm³/mol. The van der Waals surface area contributed by atoms with Gasteiger partial charge in [-0.25, -0.2) is 13.6 Å². The van der Waals surface area contributed by atoms with Gasteiger partial charge >= 0.3 is 5.97 Å². The van der Waals surface area contributed by atoms with Crippen molar-refractivity contribution >= 4 is 5.97 Å². The van der Waals surface area contributed by atoms with E-state index in [1.165, 1.54) is 37.5 Å². The molecule has 2 aromatic rings. The highest BCUT2D eigenvalue weighted by Crippen LogP contribution is 2.28. The minimum atomic E-state index is -1.22. The molecule has 0 aliphatic carbocycles. The van der Waals surface area contributed by atoms with Crippen molar-refractivity contribution < 1.29 is 18.7 Å². The van der Waals surface area contributed by atoms with Gasteiger partial charge in [0, 0.05) is 23.5 Å². The molecular formula is C13H9F2NO2. The largest absolute Gasteiger partial charge is 0.478 e. The minimum Gasteiger partial charge on any atom is -0.478 e. The molecule has 0 amide bonds. The molecule has 0 fully saturated rings. The van der Waals surface area contributed by atoms with Gasteiger partial charge in [0.05, 0.1) is 5.56 Å². The second-order valence-corrected chi connectivity index (χ2v) is 3.78. The topological polar surface area (TPSA) is 50.2 Å². The molecule has 2 rings (SSSR count). The lowest BCUT2D eigenvalue weighted by molar-refractivity contribution is 0.0697. The van der Waals surface area contributed by atoms with Gasteiger partial charge in [0.25, 0.3) is 0 Å². The molecule has 0 atom stereocenters. The van der Waals surface area contributed by atoms with Crippen molar-refractivity contribution in [1.29, 1.82) is 0 Å². The summed E-state index contributed by atoms with van der Waals surface area (Å²) in [6, 6.07) is 3.98. The number of carbonyl (C=O) groups is 1. The molecule has 0 bridgehead atoms. The summed E-state index contributed by atoms with van der Waals surface area (Å²) in [4.78, 5) is 14.8. The first-order valence-corrected chi connectivity index (χ1v) is 5.14. The van der Waals surface area contributed by atoms with E-state index in [9.17, 15) is 13.6 Å². The summed E-state index contributed by atoms with van der Waals surface area (Å²) >= 11 is 0. The first-order valence-electron chi connectivity index (χ1n) is 5.14. The van der Waals surface area contributed by atoms with E-state index in [0.717, 1.165) is 0 Å². The molecule has 1 N–H and O–H groups in total. The molecule has 1 heterocycles. The van der Waals surface area contributed by atoms with E-state index in [-0.39, 0.29) is 22.3 Å². The van der Waals surface area contributed by atoms with Crippen LogP contribution in [0.1, 0.15) is 15.9 Å². The summed E-state index contributed by atoms with van der Waals surface area (Å²) in [5, 5.41) is 9.00. The number of aromatic carboxylic acids is 1. The van der Waals surface area contributed by atoms with Crippen LogP contribution < -0.4 is 0 Å². The minimum absolute atomic E-state index is 0.0569. The molecule has 0 radical (unpaired) electrons. The van der Waals surface area contributed by atoms with Crippen molar-refractivity contribution in [3.05, 3.63) is 53.4 Å². The standard InChI is InChI=1S/C13H9F2NO2/c1-7-2-3-8(12(15)11(7)14)10-6-16-5-4-9(10)13(17)18/h2-6H,1H3,(H,17,18). The van der Waals surface area contributed by atoms with Crippen LogP contribution in [0, 0.1) is 18.6 Å². The molecule has 5 heteroatoms. The maximum Gasteiger partial charge on any atom is 0.336 e. The van der Waals surface area contributed by atoms with Crippen LogP contribution >= 0.6 is 0 Å². The van der Waals surface area contributed by atoms with E-state index < -0.39 is 17.6 Å². The number of rotatable bonds is 2. The third kappa shape index (κ3) is 1.95. The fraction of sp³-hybridized carbons (Fsp3) is 0.0769. The van der Waals surface area contributed by atoms with Gasteiger partial charge in [-0.05, 0) is 18.6 Å². The second kappa shape index (κ2) is 4.52. The Bertz CT molecular complexity index is 626. The molecule has 18 heavy (non-hydrogen) atoms. The van der Waals surface area contributed by atoms with Gasteiger partial charge in [-0.3, -0.25) is 4.98 Å². The number of hydrogen-bond donors (Lipinski definition) is 1. The van der Waals surface area contributed by atoms with Gasteiger partial charge in [-0.1, -0.05) is 12.1 Å². The zero-order valence-corrected chi connectivity index (χ0v) is 9.45. The third-order valence-electron chi connectivity index (χ3n) is 2.62. The average Bonchev–Trinajstić information content (AvgIpc) is 2.36. The summed E-state index contributed by atoms with van der Waals surface area (Å²) in [5.74, 6) is -3.26. The normalized spacial score (nSPS) is 10.4. The number of halogens is 2. The molecule has 92 valence electrons. The SMILES string of the molecule is Cc1ccc(-c2cnccc2C(=O)O)c(F)c1F. The summed E-state index contributed by atoms with van der Waals surface area (Å²) in [5.41, 5.74) is -0.00540. The lowest BCUT2D eigenvalue weighted by atomic mass is 10.00. The van der Waals surface area contributed by atoms with Crippen molar-refractivity contribution in [1.82, 2.24) is 4.98 Å². The van der Waals surface area contributed by atoms with Gasteiger partial charge in [0.2, 0.25) is 0 Å². The van der Waals surface area contributed by atoms with Crippen LogP contribution in [-0.2, 0) is 0 Å². The maximum absolute atomic E-state index is 13.8. The first kappa shape index (κ1) is 12.2. The van der Waals surface area contributed by atoms with Gasteiger partial charge in [0.1, 0.15) is 0 Å². The lowest BCUT2D eigenvalue weighted by Crippen LogP contribution is -2.02. The molecule has 0 saturated carbocycles. The fourth-order valence-corrected chi connectivity index (χ4v) is 1.65. The number of benzene rings is 1. The number of carboxylic acid groups (broad SMARTS) is 1. The Morgan fingerprint density at radius 2 is 1.89 bits per heavy atom. The maximum atomic E-state index is 13.8. The van der Waals surface area contributed by atoms with Gasteiger partial charge < -0.3 is 5.11 Å². The zero-order chi connectivity index (χ0) is 13.3. The van der Waals surface area contributed by atoms with E-state index in [2.05, 4.69) is 4.98 Å². The summed E-state index contributed by atoms with van der Waals surface area (Å²) < 4.78 is 27.3. The van der Waals surface area contributed by atoms with Crippen molar-refractivity contribution in [2.45, 2.75) is 6.92 Å². The Hall–Kier alpha value is -2.30. The van der Waals surface area contributed by atoms with Crippen molar-refractivity contribution in [3.8, 4) is 11.1 Å². The summed E-state index contributed by atoms with van der Waals surface area (Å²) in [7, 11) is 0. The quantitative estimate of drug-likeness (QED) is 0.889. The van der Waals surface area contributed by atoms with Crippen molar-refractivity contribution in [2.75, 3.05) is 0 Å². The fourth-order valence-electron chi connectivity index (χ4n) is 1.65. The Morgan fingerprint density at radius 3 is 2.56 bits per heavy atom. The van der Waals surface area contributed by atoms with Crippen molar-refractivity contribution in [3.63, 3.8) is 0 Å². The first-order chi connectivity index (χ1) is 8.52. The lowest BCUT2D eigenvalue weighted by Gasteiger charge is -2.08. The predicted octanol–water partition coefficient (Wildman–Crippen LogP) is 3.03. The molecule has 1 aromatic heterocycles. The highest BCUT2D eigenvalue weighted by molar-refractivity contribution is 5.95. The van der Waals surface area contributed by atoms with Crippen LogP contribution in [0.2, 0.25) is 0 Å². The van der Waals surface area contributed by atoms with E-state index in [1.807, 2.05) is 0 Å². The van der Waals surface area contributed by atoms with Crippen LogP contribution in [-0.4, -0.2) is 16.1 Å². The van der Waals surface area contributed by atoms with Gasteiger partial charge in [0.15, 0.2) is 11.6 Å². The number of pyridine rings is 1. The van der Waals surface area contributed by atoms with Crippen LogP contribution in [0.15, 0.2) is 30.6 Å². The highest BCUT2D eigenvalue weighted by Gasteiger charge is 2.18. The summed E-state index contributed by atoms with van der Waals surface area (Å²) in [6.07, 6.45) is 2.49. The van der Waals surface area contributed by atoms with Crippen LogP contribution in [0.3, 0.4) is 0 Å². The molecular weight excluding hydrogens is 240 g/mol. The number of nitrogens with zero attached hydrogens (tertiary/aromatic N) is 1. The van der Waals surface area contributed by atoms with Crippen LogP contribution in [0.25, 0.3) is 11.1 Å². The number of aryl methyl sites for hydroxylation is 1. The molecule has 0 aliphatic rings. The van der Waals surface area contributed by atoms with Crippen LogP contribution in [0.5, 0.6) is 0 Å². The Labute approximate surface area is 102 Å². The zero-order valence-electron chi connectivity index (χ0n) is 9.45. The highest BCUT2D eigenvalue weighted by atomic mass is 19.2. The molecule has 3 nitrogen and oxygen atoms in total. The summed E-state index contributed by atoms with van der Waals surface area (Å²) in [6.45, 7) is 1.43. The van der Waals surface area contributed by atoms with E-state index in [0.29, 0.717) is 0 Å². The number of hydrogen-bond acceptors (Lipinski definition) is 2. The van der Waals surface area contributed by atoms with Crippen LogP contribution in [0.4, 0.5) is 8.78 Å². The van der Waals surface area contributed by atoms with Crippen molar-refractivity contribution in [2.24, 2.45) is 0 Å². The van der Waals surface area contributed by atoms with Gasteiger partial charge in [-0.15, -0.1) is 0 Å². The molecule has 0 unspecified atom stereocenters. The Kier molecular flexibility index (Phi) is 3.06. The third-order valence-corrected chi connectivity index (χ3v) is 2.62. The number of carboxylic acids is 1. The van der Waals surface area contributed by atoms with E-state index in [1.54, 1.807) is 0 Å². The molecule has 0 aliphatic heterocycles. The molecule has 1 aromatic carbocycles. The number of aromatic nitrogens is 1. The van der Waals surface area contributed by atoms with E-state index >= 15 is 0 Å². The average molecular weight is 249 g/mol. The van der Waals surface area contributed by atoms with E-state index in [4.69, 9.17) is 5.11 Å².